The molecule has 0 unspecified atom stereocenters. The third-order valence-electron chi connectivity index (χ3n) is 4.89. The molecule has 3 nitrogen and oxygen atoms in total. The van der Waals surface area contributed by atoms with Crippen molar-refractivity contribution in [2.45, 2.75) is 5.92 Å². The lowest BCUT2D eigenvalue weighted by Gasteiger charge is -2.14. The highest BCUT2D eigenvalue weighted by Crippen LogP contribution is 2.44. The topological polar surface area (TPSA) is 38.3 Å². The Hall–Kier alpha value is -2.62. The van der Waals surface area contributed by atoms with Crippen molar-refractivity contribution in [1.29, 1.82) is 0 Å². The van der Waals surface area contributed by atoms with E-state index < -0.39 is 6.09 Å². The third-order valence-corrected chi connectivity index (χ3v) is 6.14. The summed E-state index contributed by atoms with van der Waals surface area (Å²) in [7, 11) is 0. The maximum absolute atomic E-state index is 13.3. The fraction of sp³-hybridized carbons (Fsp3) is 0.125. The van der Waals surface area contributed by atoms with Gasteiger partial charge in [-0.3, -0.25) is 0 Å². The zero-order valence-electron chi connectivity index (χ0n) is 15.7. The summed E-state index contributed by atoms with van der Waals surface area (Å²) in [6, 6.07) is 19.0. The number of alkyl carbamates (subject to hydrolysis) is 1. The molecule has 3 aromatic rings. The van der Waals surface area contributed by atoms with Gasteiger partial charge in [0.25, 0.3) is 0 Å². The highest BCUT2D eigenvalue weighted by atomic mass is 79.9. The largest absolute Gasteiger partial charge is 0.449 e. The molecule has 150 valence electrons. The van der Waals surface area contributed by atoms with Gasteiger partial charge in [0.1, 0.15) is 12.4 Å². The van der Waals surface area contributed by atoms with Gasteiger partial charge in [-0.1, -0.05) is 60.4 Å². The number of hydrogen-bond donors (Lipinski definition) is 1. The number of rotatable bonds is 3. The van der Waals surface area contributed by atoms with Crippen LogP contribution >= 0.6 is 31.9 Å². The van der Waals surface area contributed by atoms with Crippen LogP contribution in [0.1, 0.15) is 22.6 Å². The van der Waals surface area contributed by atoms with Crippen molar-refractivity contribution in [3.8, 4) is 23.0 Å². The summed E-state index contributed by atoms with van der Waals surface area (Å²) in [6.45, 7) is 0.370. The van der Waals surface area contributed by atoms with Crippen molar-refractivity contribution < 1.29 is 13.9 Å². The van der Waals surface area contributed by atoms with Crippen LogP contribution in [0.2, 0.25) is 0 Å². The summed E-state index contributed by atoms with van der Waals surface area (Å²) in [4.78, 5) is 12.1. The van der Waals surface area contributed by atoms with Gasteiger partial charge in [-0.15, -0.1) is 0 Å². The van der Waals surface area contributed by atoms with Gasteiger partial charge in [0.05, 0.1) is 12.1 Å². The highest BCUT2D eigenvalue weighted by molar-refractivity contribution is 9.11. The van der Waals surface area contributed by atoms with Gasteiger partial charge in [0.2, 0.25) is 0 Å². The normalized spacial score (nSPS) is 11.8. The molecule has 0 spiro atoms. The molecule has 0 aliphatic heterocycles. The molecule has 30 heavy (non-hydrogen) atoms. The molecule has 3 aromatic carbocycles. The molecule has 0 aromatic heterocycles. The van der Waals surface area contributed by atoms with E-state index in [0.29, 0.717) is 14.5 Å². The molecule has 6 heteroatoms. The number of nitrogens with one attached hydrogen (secondary N) is 1. The predicted octanol–water partition coefficient (Wildman–Crippen LogP) is 6.24. The first kappa shape index (κ1) is 20.6. The van der Waals surface area contributed by atoms with E-state index in [1.54, 1.807) is 0 Å². The minimum atomic E-state index is -0.525. The number of fused-ring (bicyclic) bond motifs is 3. The van der Waals surface area contributed by atoms with E-state index in [1.807, 2.05) is 24.3 Å². The molecule has 0 saturated heterocycles. The second-order valence-electron chi connectivity index (χ2n) is 6.73. The van der Waals surface area contributed by atoms with E-state index in [0.717, 1.165) is 11.1 Å². The smallest absolute Gasteiger partial charge is 0.407 e. The van der Waals surface area contributed by atoms with Crippen LogP contribution in [-0.4, -0.2) is 19.2 Å². The minimum absolute atomic E-state index is 0.0142. The molecule has 0 saturated carbocycles. The lowest BCUT2D eigenvalue weighted by Crippen LogP contribution is -2.26. The molecule has 0 fully saturated rings. The first-order valence-electron chi connectivity index (χ1n) is 9.27. The van der Waals surface area contributed by atoms with Gasteiger partial charge < -0.3 is 10.1 Å². The van der Waals surface area contributed by atoms with Gasteiger partial charge in [-0.2, -0.15) is 0 Å². The first-order chi connectivity index (χ1) is 14.5. The monoisotopic (exact) mass is 527 g/mol. The van der Waals surface area contributed by atoms with Crippen LogP contribution in [0.3, 0.4) is 0 Å². The van der Waals surface area contributed by atoms with Crippen molar-refractivity contribution >= 4 is 38.0 Å². The molecular weight excluding hydrogens is 513 g/mol. The van der Waals surface area contributed by atoms with Crippen LogP contribution in [0.15, 0.2) is 69.6 Å². The van der Waals surface area contributed by atoms with E-state index >= 15 is 0 Å². The van der Waals surface area contributed by atoms with E-state index in [1.165, 1.54) is 23.3 Å². The quantitative estimate of drug-likeness (QED) is 0.408. The standard InChI is InChI=1S/C24H16Br2FNO2/c25-22-12-15(27)13-23(26)20(22)10-5-11-28-24(29)30-14-21-18-8-3-1-6-16(18)17-7-2-4-9-19(17)21/h1-4,6-9,12-13,21H,11,14H2,(H,28,29). The SMILES string of the molecule is O=C(NCC#Cc1c(Br)cc(F)cc1Br)OCC1c2ccccc2-c2ccccc21. The molecule has 4 rings (SSSR count). The van der Waals surface area contributed by atoms with E-state index in [9.17, 15) is 9.18 Å². The molecule has 0 radical (unpaired) electrons. The molecule has 1 amide bonds. The minimum Gasteiger partial charge on any atom is -0.449 e. The van der Waals surface area contributed by atoms with Crippen LogP contribution in [0.5, 0.6) is 0 Å². The summed E-state index contributed by atoms with van der Waals surface area (Å²) in [5, 5.41) is 2.64. The Morgan fingerprint density at radius 2 is 1.57 bits per heavy atom. The molecule has 1 N–H and O–H groups in total. The van der Waals surface area contributed by atoms with Gasteiger partial charge in [0.15, 0.2) is 0 Å². The second kappa shape index (κ2) is 9.03. The van der Waals surface area contributed by atoms with Crippen LogP contribution in [-0.2, 0) is 4.74 Å². The fourth-order valence-corrected chi connectivity index (χ4v) is 4.89. The molecule has 1 aliphatic rings. The Bertz CT molecular complexity index is 1110. The average Bonchev–Trinajstić information content (AvgIpc) is 3.05. The maximum atomic E-state index is 13.3. The van der Waals surface area contributed by atoms with Gasteiger partial charge in [-0.05, 0) is 66.2 Å². The van der Waals surface area contributed by atoms with E-state index in [2.05, 4.69) is 73.3 Å². The number of benzene rings is 3. The van der Waals surface area contributed by atoms with Gasteiger partial charge in [0, 0.05) is 14.9 Å². The number of ether oxygens (including phenoxy) is 1. The van der Waals surface area contributed by atoms with Gasteiger partial charge >= 0.3 is 6.09 Å². The van der Waals surface area contributed by atoms with E-state index in [-0.39, 0.29) is 24.9 Å². The molecule has 1 aliphatic carbocycles. The van der Waals surface area contributed by atoms with Crippen molar-refractivity contribution in [1.82, 2.24) is 5.32 Å². The van der Waals surface area contributed by atoms with Crippen LogP contribution < -0.4 is 5.32 Å². The zero-order valence-corrected chi connectivity index (χ0v) is 18.9. The number of amides is 1. The third kappa shape index (κ3) is 4.28. The summed E-state index contributed by atoms with van der Waals surface area (Å²) >= 11 is 6.57. The molecule has 0 heterocycles. The summed E-state index contributed by atoms with van der Waals surface area (Å²) in [5.74, 6) is 5.40. The lowest BCUT2D eigenvalue weighted by molar-refractivity contribution is 0.144. The van der Waals surface area contributed by atoms with Crippen molar-refractivity contribution in [2.24, 2.45) is 0 Å². The molecule has 0 atom stereocenters. The Kier molecular flexibility index (Phi) is 6.21. The van der Waals surface area contributed by atoms with Crippen LogP contribution in [0.25, 0.3) is 11.1 Å². The number of carbonyl (C=O) groups excluding carboxylic acids is 1. The Labute approximate surface area is 190 Å². The lowest BCUT2D eigenvalue weighted by atomic mass is 9.98. The summed E-state index contributed by atoms with van der Waals surface area (Å²) in [5.41, 5.74) is 5.31. The van der Waals surface area contributed by atoms with Crippen molar-refractivity contribution in [3.63, 3.8) is 0 Å². The van der Waals surface area contributed by atoms with Crippen LogP contribution in [0, 0.1) is 17.7 Å². The molecule has 0 bridgehead atoms. The predicted molar refractivity (Wildman–Crippen MR) is 122 cm³/mol. The number of hydrogen-bond acceptors (Lipinski definition) is 2. The molecular formula is C24H16Br2FNO2. The highest BCUT2D eigenvalue weighted by Gasteiger charge is 2.28. The average molecular weight is 529 g/mol. The Balaban J connectivity index is 1.37. The van der Waals surface area contributed by atoms with Crippen molar-refractivity contribution in [3.05, 3.63) is 92.1 Å². The Morgan fingerprint density at radius 1 is 1.00 bits per heavy atom. The Morgan fingerprint density at radius 3 is 2.17 bits per heavy atom. The fourth-order valence-electron chi connectivity index (χ4n) is 3.56. The summed E-state index contributed by atoms with van der Waals surface area (Å²) < 4.78 is 19.9. The number of halogens is 3. The van der Waals surface area contributed by atoms with Crippen molar-refractivity contribution in [2.75, 3.05) is 13.2 Å². The van der Waals surface area contributed by atoms with E-state index in [4.69, 9.17) is 4.74 Å². The van der Waals surface area contributed by atoms with Crippen LogP contribution in [0.4, 0.5) is 9.18 Å². The zero-order chi connectivity index (χ0) is 21.1. The maximum Gasteiger partial charge on any atom is 0.407 e. The second-order valence-corrected chi connectivity index (χ2v) is 8.43. The first-order valence-corrected chi connectivity index (χ1v) is 10.9. The number of carbonyl (C=O) groups is 1. The van der Waals surface area contributed by atoms with Gasteiger partial charge in [-0.25, -0.2) is 9.18 Å². The summed E-state index contributed by atoms with van der Waals surface area (Å²) in [6.07, 6.45) is -0.525.